The van der Waals surface area contributed by atoms with E-state index < -0.39 is 5.97 Å². The lowest BCUT2D eigenvalue weighted by atomic mass is 10.1. The summed E-state index contributed by atoms with van der Waals surface area (Å²) in [6.45, 7) is 0. The Morgan fingerprint density at radius 3 is 2.91 bits per heavy atom. The van der Waals surface area contributed by atoms with Crippen LogP contribution in [0.15, 0.2) is 46.2 Å². The van der Waals surface area contributed by atoms with Crippen molar-refractivity contribution >= 4 is 36.0 Å². The van der Waals surface area contributed by atoms with E-state index in [2.05, 4.69) is 15.3 Å². The van der Waals surface area contributed by atoms with Crippen molar-refractivity contribution in [2.45, 2.75) is 0 Å². The van der Waals surface area contributed by atoms with Gasteiger partial charge in [-0.25, -0.2) is 4.79 Å². The number of carbonyl (C=O) groups is 1. The molecule has 0 radical (unpaired) electrons. The van der Waals surface area contributed by atoms with E-state index in [1.807, 2.05) is 0 Å². The van der Waals surface area contributed by atoms with Crippen molar-refractivity contribution in [2.24, 2.45) is 5.10 Å². The molecule has 0 unspecified atom stereocenters. The van der Waals surface area contributed by atoms with Gasteiger partial charge in [-0.1, -0.05) is 17.7 Å². The summed E-state index contributed by atoms with van der Waals surface area (Å²) in [5, 5.41) is 19.5. The van der Waals surface area contributed by atoms with Crippen LogP contribution < -0.4 is 0 Å². The van der Waals surface area contributed by atoms with Gasteiger partial charge in [-0.2, -0.15) is 14.9 Å². The van der Waals surface area contributed by atoms with E-state index in [1.165, 1.54) is 29.4 Å². The molecule has 0 bridgehead atoms. The van der Waals surface area contributed by atoms with Gasteiger partial charge in [-0.3, -0.25) is 5.10 Å². The number of carboxylic acids is 1. The van der Waals surface area contributed by atoms with Crippen LogP contribution in [0.3, 0.4) is 0 Å². The Morgan fingerprint density at radius 2 is 2.26 bits per heavy atom. The zero-order valence-electron chi connectivity index (χ0n) is 11.4. The fourth-order valence-corrected chi connectivity index (χ4v) is 2.27. The number of aromatic carboxylic acids is 1. The first-order valence-electron chi connectivity index (χ1n) is 6.34. The summed E-state index contributed by atoms with van der Waals surface area (Å²) >= 11 is 10.9. The first-order valence-corrected chi connectivity index (χ1v) is 7.12. The number of aromatic amines is 1. The van der Waals surface area contributed by atoms with Crippen molar-refractivity contribution in [1.82, 2.24) is 14.9 Å². The zero-order valence-corrected chi connectivity index (χ0v) is 13.0. The van der Waals surface area contributed by atoms with Crippen LogP contribution in [0.4, 0.5) is 0 Å². The molecule has 0 saturated carbocycles. The van der Waals surface area contributed by atoms with E-state index in [0.29, 0.717) is 21.9 Å². The molecule has 2 aromatic heterocycles. The van der Waals surface area contributed by atoms with Crippen LogP contribution in [-0.4, -0.2) is 32.2 Å². The van der Waals surface area contributed by atoms with Crippen molar-refractivity contribution in [3.8, 4) is 11.3 Å². The minimum Gasteiger partial charge on any atom is -0.478 e. The number of rotatable bonds is 4. The van der Waals surface area contributed by atoms with E-state index >= 15 is 0 Å². The van der Waals surface area contributed by atoms with Gasteiger partial charge >= 0.3 is 5.97 Å². The number of hydrogen-bond acceptors (Lipinski definition) is 5. The lowest BCUT2D eigenvalue weighted by Crippen LogP contribution is -1.96. The van der Waals surface area contributed by atoms with Crippen LogP contribution in [0.2, 0.25) is 5.02 Å². The molecule has 23 heavy (non-hydrogen) atoms. The molecule has 0 aliphatic heterocycles. The van der Waals surface area contributed by atoms with Crippen LogP contribution in [0, 0.1) is 4.77 Å². The molecule has 0 fully saturated rings. The van der Waals surface area contributed by atoms with Gasteiger partial charge in [0.05, 0.1) is 16.8 Å². The fraction of sp³-hybridized carbons (Fsp3) is 0. The quantitative estimate of drug-likeness (QED) is 0.556. The predicted molar refractivity (Wildman–Crippen MR) is 86.5 cm³/mol. The fourth-order valence-electron chi connectivity index (χ4n) is 1.86. The topological polar surface area (TPSA) is 96.4 Å². The second kappa shape index (κ2) is 6.19. The van der Waals surface area contributed by atoms with E-state index in [0.717, 1.165) is 0 Å². The van der Waals surface area contributed by atoms with Gasteiger partial charge < -0.3 is 9.52 Å². The largest absolute Gasteiger partial charge is 0.478 e. The van der Waals surface area contributed by atoms with Gasteiger partial charge in [0.15, 0.2) is 0 Å². The third-order valence-electron chi connectivity index (χ3n) is 2.96. The van der Waals surface area contributed by atoms with E-state index in [9.17, 15) is 4.79 Å². The second-order valence-electron chi connectivity index (χ2n) is 4.45. The van der Waals surface area contributed by atoms with E-state index in [1.54, 1.807) is 18.2 Å². The molecule has 2 heterocycles. The average Bonchev–Trinajstić information content (AvgIpc) is 3.13. The maximum absolute atomic E-state index is 11.0. The molecule has 0 amide bonds. The molecule has 1 aromatic carbocycles. The Kier molecular flexibility index (Phi) is 4.09. The van der Waals surface area contributed by atoms with Gasteiger partial charge in [-0.05, 0) is 36.5 Å². The molecule has 3 aromatic rings. The predicted octanol–water partition coefficient (Wildman–Crippen LogP) is 3.43. The third-order valence-corrected chi connectivity index (χ3v) is 3.55. The lowest BCUT2D eigenvalue weighted by molar-refractivity contribution is 0.0697. The van der Waals surface area contributed by atoms with E-state index in [4.69, 9.17) is 33.3 Å². The molecule has 0 spiro atoms. The monoisotopic (exact) mass is 348 g/mol. The van der Waals surface area contributed by atoms with Crippen LogP contribution >= 0.6 is 23.8 Å². The number of halogens is 1. The zero-order chi connectivity index (χ0) is 16.4. The number of nitrogens with zero attached hydrogens (tertiary/aromatic N) is 3. The van der Waals surface area contributed by atoms with Gasteiger partial charge in [-0.15, -0.1) is 0 Å². The highest BCUT2D eigenvalue weighted by Crippen LogP contribution is 2.27. The molecular weight excluding hydrogens is 340 g/mol. The van der Waals surface area contributed by atoms with Gasteiger partial charge in [0.25, 0.3) is 0 Å². The van der Waals surface area contributed by atoms with Crippen molar-refractivity contribution in [3.05, 3.63) is 57.8 Å². The number of hydrogen-bond donors (Lipinski definition) is 2. The Labute approximate surface area is 139 Å². The lowest BCUT2D eigenvalue weighted by Gasteiger charge is -2.01. The highest BCUT2D eigenvalue weighted by atomic mass is 35.5. The molecule has 7 nitrogen and oxygen atoms in total. The van der Waals surface area contributed by atoms with Crippen molar-refractivity contribution in [1.29, 1.82) is 0 Å². The summed E-state index contributed by atoms with van der Waals surface area (Å²) in [7, 11) is 0. The standard InChI is InChI=1S/C14H9ClN4O3S/c15-11-5-8(1-3-10(11)13(20)21)12-4-2-9(22-12)6-17-19-7-16-18-14(19)23/h1-7H,(H,18,23)(H,20,21)/b17-6-. The summed E-state index contributed by atoms with van der Waals surface area (Å²) in [4.78, 5) is 11.0. The Balaban J connectivity index is 1.86. The van der Waals surface area contributed by atoms with Crippen molar-refractivity contribution < 1.29 is 14.3 Å². The molecule has 9 heteroatoms. The summed E-state index contributed by atoms with van der Waals surface area (Å²) in [6.07, 6.45) is 2.93. The summed E-state index contributed by atoms with van der Waals surface area (Å²) < 4.78 is 7.38. The maximum Gasteiger partial charge on any atom is 0.337 e. The molecule has 0 aliphatic carbocycles. The van der Waals surface area contributed by atoms with Crippen molar-refractivity contribution in [3.63, 3.8) is 0 Å². The Hall–Kier alpha value is -2.71. The molecule has 3 rings (SSSR count). The number of aromatic nitrogens is 3. The molecule has 0 atom stereocenters. The van der Waals surface area contributed by atoms with Crippen LogP contribution in [0.1, 0.15) is 16.1 Å². The van der Waals surface area contributed by atoms with Gasteiger partial charge in [0.2, 0.25) is 4.77 Å². The minimum atomic E-state index is -1.08. The smallest absolute Gasteiger partial charge is 0.337 e. The molecule has 2 N–H and O–H groups in total. The third kappa shape index (κ3) is 3.22. The summed E-state index contributed by atoms with van der Waals surface area (Å²) in [5.74, 6) is -0.0340. The molecule has 0 saturated heterocycles. The molecular formula is C14H9ClN4O3S. The normalized spacial score (nSPS) is 11.2. The highest BCUT2D eigenvalue weighted by Gasteiger charge is 2.11. The van der Waals surface area contributed by atoms with Crippen LogP contribution in [0.5, 0.6) is 0 Å². The first-order chi connectivity index (χ1) is 11.0. The first kappa shape index (κ1) is 15.2. The highest BCUT2D eigenvalue weighted by molar-refractivity contribution is 7.71. The van der Waals surface area contributed by atoms with Crippen LogP contribution in [-0.2, 0) is 0 Å². The van der Waals surface area contributed by atoms with Gasteiger partial charge in [0, 0.05) is 5.56 Å². The maximum atomic E-state index is 11.0. The minimum absolute atomic E-state index is 0.0399. The number of H-pyrrole nitrogens is 1. The number of carboxylic acid groups (broad SMARTS) is 1. The summed E-state index contributed by atoms with van der Waals surface area (Å²) in [6, 6.07) is 8.06. The summed E-state index contributed by atoms with van der Waals surface area (Å²) in [5.41, 5.74) is 0.706. The molecule has 116 valence electrons. The Morgan fingerprint density at radius 1 is 1.43 bits per heavy atom. The molecule has 0 aliphatic rings. The van der Waals surface area contributed by atoms with Crippen molar-refractivity contribution in [2.75, 3.05) is 0 Å². The van der Waals surface area contributed by atoms with Crippen LogP contribution in [0.25, 0.3) is 11.3 Å². The van der Waals surface area contributed by atoms with E-state index in [-0.39, 0.29) is 10.6 Å². The number of benzene rings is 1. The Bertz CT molecular complexity index is 957. The second-order valence-corrected chi connectivity index (χ2v) is 5.25. The number of nitrogens with one attached hydrogen (secondary N) is 1. The van der Waals surface area contributed by atoms with Gasteiger partial charge in [0.1, 0.15) is 17.8 Å². The average molecular weight is 349 g/mol. The number of furan rings is 1. The SMILES string of the molecule is O=C(O)c1ccc(-c2ccc(/C=N\n3cn[nH]c3=S)o2)cc1Cl.